The molecule has 1 saturated carbocycles. The molecule has 1 unspecified atom stereocenters. The van der Waals surface area contributed by atoms with E-state index in [-0.39, 0.29) is 0 Å². The maximum absolute atomic E-state index is 5.58. The number of methoxy groups -OCH3 is 2. The van der Waals surface area contributed by atoms with Crippen molar-refractivity contribution >= 4 is 0 Å². The first-order chi connectivity index (χ1) is 10.7. The van der Waals surface area contributed by atoms with Crippen molar-refractivity contribution in [3.8, 4) is 11.5 Å². The predicted octanol–water partition coefficient (Wildman–Crippen LogP) is 4.35. The van der Waals surface area contributed by atoms with Crippen molar-refractivity contribution in [3.63, 3.8) is 0 Å². The van der Waals surface area contributed by atoms with Gasteiger partial charge in [-0.15, -0.1) is 0 Å². The van der Waals surface area contributed by atoms with E-state index in [1.165, 1.54) is 56.1 Å². The van der Waals surface area contributed by atoms with Crippen LogP contribution in [0.2, 0.25) is 0 Å². The van der Waals surface area contributed by atoms with E-state index in [1.807, 2.05) is 0 Å². The Morgan fingerprint density at radius 2 is 1.82 bits per heavy atom. The third kappa shape index (κ3) is 2.60. The highest BCUT2D eigenvalue weighted by molar-refractivity contribution is 5.52. The Labute approximate surface area is 134 Å². The minimum absolute atomic E-state index is 0.317. The zero-order chi connectivity index (χ0) is 15.6. The van der Waals surface area contributed by atoms with Gasteiger partial charge in [0.05, 0.1) is 14.2 Å². The molecule has 1 heterocycles. The summed E-state index contributed by atoms with van der Waals surface area (Å²) in [5.41, 5.74) is 3.28. The lowest BCUT2D eigenvalue weighted by Crippen LogP contribution is -2.44. The van der Waals surface area contributed by atoms with Gasteiger partial charge in [-0.2, -0.15) is 0 Å². The van der Waals surface area contributed by atoms with Crippen LogP contribution < -0.4 is 14.8 Å². The summed E-state index contributed by atoms with van der Waals surface area (Å²) in [6, 6.07) is 4.95. The van der Waals surface area contributed by atoms with Gasteiger partial charge in [-0.1, -0.05) is 32.6 Å². The summed E-state index contributed by atoms with van der Waals surface area (Å²) in [6.45, 7) is 3.38. The Morgan fingerprint density at radius 3 is 2.45 bits per heavy atom. The molecule has 0 saturated heterocycles. The lowest BCUT2D eigenvalue weighted by Gasteiger charge is -2.41. The van der Waals surface area contributed by atoms with Crippen LogP contribution in [0.1, 0.15) is 69.0 Å². The lowest BCUT2D eigenvalue weighted by molar-refractivity contribution is 0.316. The fourth-order valence-corrected chi connectivity index (χ4v) is 4.33. The van der Waals surface area contributed by atoms with Gasteiger partial charge < -0.3 is 14.8 Å². The molecule has 0 radical (unpaired) electrons. The SMILES string of the molecule is CCCCC1NCC2(CCCC2)c2cc(OC)c(OC)cc21. The summed E-state index contributed by atoms with van der Waals surface area (Å²) in [5, 5.41) is 3.84. The van der Waals surface area contributed by atoms with Crippen LogP contribution in [0.4, 0.5) is 0 Å². The molecule has 22 heavy (non-hydrogen) atoms. The van der Waals surface area contributed by atoms with Gasteiger partial charge in [-0.05, 0) is 42.5 Å². The van der Waals surface area contributed by atoms with Crippen LogP contribution in [-0.4, -0.2) is 20.8 Å². The zero-order valence-corrected chi connectivity index (χ0v) is 14.2. The Kier molecular flexibility index (Phi) is 4.62. The van der Waals surface area contributed by atoms with E-state index in [2.05, 4.69) is 24.4 Å². The molecule has 3 heteroatoms. The third-order valence-corrected chi connectivity index (χ3v) is 5.60. The van der Waals surface area contributed by atoms with Crippen LogP contribution in [0.25, 0.3) is 0 Å². The van der Waals surface area contributed by atoms with Crippen molar-refractivity contribution in [1.29, 1.82) is 0 Å². The van der Waals surface area contributed by atoms with E-state index in [9.17, 15) is 0 Å². The van der Waals surface area contributed by atoms with Crippen LogP contribution in [0.5, 0.6) is 11.5 Å². The number of rotatable bonds is 5. The van der Waals surface area contributed by atoms with Gasteiger partial charge in [0, 0.05) is 18.0 Å². The Hall–Kier alpha value is -1.22. The predicted molar refractivity (Wildman–Crippen MR) is 90.0 cm³/mol. The van der Waals surface area contributed by atoms with Crippen molar-refractivity contribution in [2.75, 3.05) is 20.8 Å². The highest BCUT2D eigenvalue weighted by atomic mass is 16.5. The van der Waals surface area contributed by atoms with Crippen molar-refractivity contribution in [1.82, 2.24) is 5.32 Å². The molecule has 1 aromatic rings. The van der Waals surface area contributed by atoms with E-state index in [1.54, 1.807) is 14.2 Å². The smallest absolute Gasteiger partial charge is 0.161 e. The quantitative estimate of drug-likeness (QED) is 0.877. The number of benzene rings is 1. The average Bonchev–Trinajstić information content (AvgIpc) is 3.03. The highest BCUT2D eigenvalue weighted by Gasteiger charge is 2.42. The molecule has 1 spiro atoms. The molecule has 1 aliphatic carbocycles. The molecule has 1 atom stereocenters. The van der Waals surface area contributed by atoms with E-state index < -0.39 is 0 Å². The number of fused-ring (bicyclic) bond motifs is 2. The molecule has 1 aliphatic heterocycles. The highest BCUT2D eigenvalue weighted by Crippen LogP contribution is 2.49. The standard InChI is InChI=1S/C19H29NO2/c1-4-5-8-16-14-11-17(21-2)18(22-3)12-15(14)19(13-20-16)9-6-7-10-19/h11-12,16,20H,4-10,13H2,1-3H3. The van der Waals surface area contributed by atoms with Crippen LogP contribution in [0.3, 0.4) is 0 Å². The van der Waals surface area contributed by atoms with Crippen LogP contribution >= 0.6 is 0 Å². The summed E-state index contributed by atoms with van der Waals surface area (Å²) in [7, 11) is 3.47. The van der Waals surface area contributed by atoms with Gasteiger partial charge in [0.15, 0.2) is 11.5 Å². The number of nitrogens with one attached hydrogen (secondary N) is 1. The summed E-state index contributed by atoms with van der Waals surface area (Å²) in [5.74, 6) is 1.74. The van der Waals surface area contributed by atoms with E-state index in [0.717, 1.165) is 18.0 Å². The fourth-order valence-electron chi connectivity index (χ4n) is 4.33. The molecule has 122 valence electrons. The number of ether oxygens (including phenoxy) is 2. The van der Waals surface area contributed by atoms with Crippen molar-refractivity contribution < 1.29 is 9.47 Å². The second kappa shape index (κ2) is 6.49. The summed E-state index contributed by atoms with van der Waals surface area (Å²) >= 11 is 0. The van der Waals surface area contributed by atoms with Crippen LogP contribution in [-0.2, 0) is 5.41 Å². The summed E-state index contributed by atoms with van der Waals surface area (Å²) in [6.07, 6.45) is 8.98. The maximum atomic E-state index is 5.58. The van der Waals surface area contributed by atoms with Crippen LogP contribution in [0.15, 0.2) is 12.1 Å². The Bertz CT molecular complexity index is 520. The molecule has 0 amide bonds. The monoisotopic (exact) mass is 303 g/mol. The van der Waals surface area contributed by atoms with Crippen molar-refractivity contribution in [3.05, 3.63) is 23.3 Å². The van der Waals surface area contributed by atoms with E-state index in [0.29, 0.717) is 11.5 Å². The minimum atomic E-state index is 0.317. The number of hydrogen-bond donors (Lipinski definition) is 1. The topological polar surface area (TPSA) is 30.5 Å². The Balaban J connectivity index is 2.05. The van der Waals surface area contributed by atoms with Crippen LogP contribution in [0, 0.1) is 0 Å². The average molecular weight is 303 g/mol. The summed E-state index contributed by atoms with van der Waals surface area (Å²) in [4.78, 5) is 0. The lowest BCUT2D eigenvalue weighted by atomic mass is 9.72. The second-order valence-electron chi connectivity index (χ2n) is 6.86. The molecule has 3 rings (SSSR count). The first-order valence-corrected chi connectivity index (χ1v) is 8.74. The summed E-state index contributed by atoms with van der Waals surface area (Å²) < 4.78 is 11.1. The number of hydrogen-bond acceptors (Lipinski definition) is 3. The van der Waals surface area contributed by atoms with Gasteiger partial charge >= 0.3 is 0 Å². The molecule has 1 aromatic carbocycles. The fraction of sp³-hybridized carbons (Fsp3) is 0.684. The van der Waals surface area contributed by atoms with E-state index in [4.69, 9.17) is 9.47 Å². The van der Waals surface area contributed by atoms with Gasteiger partial charge in [0.2, 0.25) is 0 Å². The van der Waals surface area contributed by atoms with E-state index >= 15 is 0 Å². The first-order valence-electron chi connectivity index (χ1n) is 8.74. The third-order valence-electron chi connectivity index (χ3n) is 5.60. The van der Waals surface area contributed by atoms with Gasteiger partial charge in [0.1, 0.15) is 0 Å². The molecular weight excluding hydrogens is 274 g/mol. The molecule has 0 bridgehead atoms. The first kappa shape index (κ1) is 15.7. The van der Waals surface area contributed by atoms with Crippen molar-refractivity contribution in [2.24, 2.45) is 0 Å². The molecule has 1 N–H and O–H groups in total. The Morgan fingerprint density at radius 1 is 1.14 bits per heavy atom. The van der Waals surface area contributed by atoms with Crippen molar-refractivity contribution in [2.45, 2.75) is 63.3 Å². The normalized spacial score (nSPS) is 22.6. The second-order valence-corrected chi connectivity index (χ2v) is 6.86. The number of unbranched alkanes of at least 4 members (excludes halogenated alkanes) is 1. The minimum Gasteiger partial charge on any atom is -0.493 e. The largest absolute Gasteiger partial charge is 0.493 e. The maximum Gasteiger partial charge on any atom is 0.161 e. The molecule has 0 aromatic heterocycles. The molecule has 1 fully saturated rings. The zero-order valence-electron chi connectivity index (χ0n) is 14.2. The van der Waals surface area contributed by atoms with Gasteiger partial charge in [-0.25, -0.2) is 0 Å². The molecule has 2 aliphatic rings. The molecular formula is C19H29NO2. The van der Waals surface area contributed by atoms with Gasteiger partial charge in [-0.3, -0.25) is 0 Å². The molecule has 3 nitrogen and oxygen atoms in total. The van der Waals surface area contributed by atoms with Gasteiger partial charge in [0.25, 0.3) is 0 Å².